The van der Waals surface area contributed by atoms with Crippen LogP contribution < -0.4 is 4.72 Å². The number of carboxylic acid groups (broad SMARTS) is 1. The van der Waals surface area contributed by atoms with Crippen LogP contribution in [0.3, 0.4) is 0 Å². The van der Waals surface area contributed by atoms with Crippen molar-refractivity contribution in [3.8, 4) is 0 Å². The first-order chi connectivity index (χ1) is 8.90. The number of sulfonamides is 1. The van der Waals surface area contributed by atoms with E-state index >= 15 is 0 Å². The number of anilines is 1. The highest BCUT2D eigenvalue weighted by Gasteiger charge is 2.18. The molecule has 0 unspecified atom stereocenters. The number of H-pyrrole nitrogens is 1. The van der Waals surface area contributed by atoms with Gasteiger partial charge in [-0.05, 0) is 24.6 Å². The highest BCUT2D eigenvalue weighted by molar-refractivity contribution is 7.92. The summed E-state index contributed by atoms with van der Waals surface area (Å²) in [4.78, 5) is 14.4. The number of aryl methyl sites for hydroxylation is 1. The maximum Gasteiger partial charge on any atom is 0.335 e. The number of hydrogen-bond donors (Lipinski definition) is 3. The van der Waals surface area contributed by atoms with Crippen molar-refractivity contribution < 1.29 is 18.3 Å². The topological polar surface area (TPSA) is 125 Å². The fraction of sp³-hybridized carbons (Fsp3) is 0.100. The Hall–Kier alpha value is -2.42. The molecule has 0 saturated carbocycles. The van der Waals surface area contributed by atoms with Gasteiger partial charge in [0.15, 0.2) is 0 Å². The zero-order valence-electron chi connectivity index (χ0n) is 9.78. The third-order valence-electron chi connectivity index (χ3n) is 2.40. The number of rotatable bonds is 4. The van der Waals surface area contributed by atoms with Gasteiger partial charge in [-0.1, -0.05) is 6.07 Å². The third kappa shape index (κ3) is 2.71. The molecule has 0 radical (unpaired) electrons. The first-order valence-electron chi connectivity index (χ1n) is 5.12. The highest BCUT2D eigenvalue weighted by atomic mass is 32.2. The molecule has 0 spiro atoms. The van der Waals surface area contributed by atoms with Crippen LogP contribution in [0.4, 0.5) is 5.95 Å². The van der Waals surface area contributed by atoms with Crippen LogP contribution in [-0.2, 0) is 10.0 Å². The molecular formula is C10H10N4O4S. The Labute approximate surface area is 108 Å². The van der Waals surface area contributed by atoms with E-state index in [2.05, 4.69) is 19.9 Å². The quantitative estimate of drug-likeness (QED) is 0.754. The zero-order chi connectivity index (χ0) is 14.0. The zero-order valence-corrected chi connectivity index (χ0v) is 10.6. The van der Waals surface area contributed by atoms with E-state index in [1.54, 1.807) is 6.92 Å². The average molecular weight is 282 g/mol. The Kier molecular flexibility index (Phi) is 3.21. The number of aromatic carboxylic acids is 1. The van der Waals surface area contributed by atoms with E-state index in [-0.39, 0.29) is 16.4 Å². The molecule has 1 aromatic carbocycles. The molecule has 0 aliphatic rings. The summed E-state index contributed by atoms with van der Waals surface area (Å²) >= 11 is 0. The molecule has 0 bridgehead atoms. The average Bonchev–Trinajstić information content (AvgIpc) is 2.80. The minimum Gasteiger partial charge on any atom is -0.478 e. The second-order valence-electron chi connectivity index (χ2n) is 3.72. The molecular weight excluding hydrogens is 272 g/mol. The molecule has 1 heterocycles. The smallest absolute Gasteiger partial charge is 0.335 e. The molecule has 9 heteroatoms. The molecule has 0 aliphatic heterocycles. The van der Waals surface area contributed by atoms with Gasteiger partial charge in [-0.2, -0.15) is 10.1 Å². The van der Waals surface area contributed by atoms with Crippen LogP contribution in [0.2, 0.25) is 0 Å². The van der Waals surface area contributed by atoms with Crippen molar-refractivity contribution in [1.82, 2.24) is 15.2 Å². The number of nitrogens with zero attached hydrogens (tertiary/aromatic N) is 2. The van der Waals surface area contributed by atoms with Gasteiger partial charge < -0.3 is 5.11 Å². The first kappa shape index (κ1) is 13.0. The molecule has 2 aromatic rings. The van der Waals surface area contributed by atoms with Crippen LogP contribution in [0.5, 0.6) is 0 Å². The van der Waals surface area contributed by atoms with E-state index in [1.807, 2.05) is 0 Å². The van der Waals surface area contributed by atoms with Crippen molar-refractivity contribution in [3.05, 3.63) is 35.7 Å². The lowest BCUT2D eigenvalue weighted by Gasteiger charge is -2.07. The lowest BCUT2D eigenvalue weighted by molar-refractivity contribution is 0.0696. The van der Waals surface area contributed by atoms with Gasteiger partial charge in [0.05, 0.1) is 10.5 Å². The van der Waals surface area contributed by atoms with Crippen molar-refractivity contribution >= 4 is 21.9 Å². The number of hydrogen-bond acceptors (Lipinski definition) is 5. The Morgan fingerprint density at radius 3 is 2.74 bits per heavy atom. The third-order valence-corrected chi connectivity index (χ3v) is 3.73. The maximum atomic E-state index is 12.0. The van der Waals surface area contributed by atoms with Crippen molar-refractivity contribution in [2.45, 2.75) is 11.8 Å². The summed E-state index contributed by atoms with van der Waals surface area (Å²) in [6.07, 6.45) is 1.15. The minimum atomic E-state index is -3.90. The first-order valence-corrected chi connectivity index (χ1v) is 6.60. The van der Waals surface area contributed by atoms with Gasteiger partial charge in [-0.3, -0.25) is 0 Å². The molecule has 0 saturated heterocycles. The van der Waals surface area contributed by atoms with E-state index in [1.165, 1.54) is 12.1 Å². The van der Waals surface area contributed by atoms with Gasteiger partial charge in [0, 0.05) is 0 Å². The molecule has 2 rings (SSSR count). The monoisotopic (exact) mass is 282 g/mol. The van der Waals surface area contributed by atoms with Crippen LogP contribution in [0, 0.1) is 6.92 Å². The van der Waals surface area contributed by atoms with Gasteiger partial charge in [-0.15, -0.1) is 0 Å². The maximum absolute atomic E-state index is 12.0. The molecule has 3 N–H and O–H groups in total. The number of carbonyl (C=O) groups is 1. The van der Waals surface area contributed by atoms with Crippen molar-refractivity contribution in [2.75, 3.05) is 4.72 Å². The predicted molar refractivity (Wildman–Crippen MR) is 65.3 cm³/mol. The molecule has 1 aromatic heterocycles. The Morgan fingerprint density at radius 1 is 1.42 bits per heavy atom. The molecule has 0 fully saturated rings. The number of nitrogens with one attached hydrogen (secondary N) is 2. The van der Waals surface area contributed by atoms with Crippen LogP contribution in [0.15, 0.2) is 29.4 Å². The summed E-state index contributed by atoms with van der Waals surface area (Å²) < 4.78 is 26.1. The van der Waals surface area contributed by atoms with Crippen molar-refractivity contribution in [1.29, 1.82) is 0 Å². The van der Waals surface area contributed by atoms with Gasteiger partial charge in [0.25, 0.3) is 10.0 Å². The van der Waals surface area contributed by atoms with Crippen LogP contribution in [-0.4, -0.2) is 34.7 Å². The summed E-state index contributed by atoms with van der Waals surface area (Å²) in [6, 6.07) is 3.84. The van der Waals surface area contributed by atoms with E-state index in [0.29, 0.717) is 5.56 Å². The summed E-state index contributed by atoms with van der Waals surface area (Å²) in [6.45, 7) is 1.59. The number of aromatic amines is 1. The molecule has 0 atom stereocenters. The Morgan fingerprint density at radius 2 is 2.16 bits per heavy atom. The van der Waals surface area contributed by atoms with Gasteiger partial charge in [-0.25, -0.2) is 23.0 Å². The number of aromatic nitrogens is 3. The number of benzene rings is 1. The van der Waals surface area contributed by atoms with E-state index < -0.39 is 16.0 Å². The Balaban J connectivity index is 2.41. The Bertz CT molecular complexity index is 709. The van der Waals surface area contributed by atoms with Gasteiger partial charge in [0.2, 0.25) is 5.95 Å². The SMILES string of the molecule is Cc1ccc(S(=O)(=O)Nc2ncn[nH]2)cc1C(=O)O. The van der Waals surface area contributed by atoms with Crippen molar-refractivity contribution in [2.24, 2.45) is 0 Å². The van der Waals surface area contributed by atoms with Crippen molar-refractivity contribution in [3.63, 3.8) is 0 Å². The normalized spacial score (nSPS) is 11.2. The van der Waals surface area contributed by atoms with Crippen LogP contribution >= 0.6 is 0 Å². The second-order valence-corrected chi connectivity index (χ2v) is 5.40. The molecule has 19 heavy (non-hydrogen) atoms. The lowest BCUT2D eigenvalue weighted by atomic mass is 10.1. The molecule has 0 aliphatic carbocycles. The summed E-state index contributed by atoms with van der Waals surface area (Å²) in [5.74, 6) is -1.23. The van der Waals surface area contributed by atoms with Gasteiger partial charge >= 0.3 is 5.97 Å². The highest BCUT2D eigenvalue weighted by Crippen LogP contribution is 2.17. The van der Waals surface area contributed by atoms with Crippen LogP contribution in [0.25, 0.3) is 0 Å². The molecule has 100 valence electrons. The fourth-order valence-corrected chi connectivity index (χ4v) is 2.43. The summed E-state index contributed by atoms with van der Waals surface area (Å²) in [5.41, 5.74) is 0.409. The predicted octanol–water partition coefficient (Wildman–Crippen LogP) is 0.612. The van der Waals surface area contributed by atoms with E-state index in [9.17, 15) is 13.2 Å². The summed E-state index contributed by atoms with van der Waals surface area (Å²) in [5, 5.41) is 14.8. The second kappa shape index (κ2) is 4.69. The largest absolute Gasteiger partial charge is 0.478 e. The van der Waals surface area contributed by atoms with E-state index in [4.69, 9.17) is 5.11 Å². The minimum absolute atomic E-state index is 0.0440. The van der Waals surface area contributed by atoms with Gasteiger partial charge in [0.1, 0.15) is 6.33 Å². The fourth-order valence-electron chi connectivity index (χ4n) is 1.44. The van der Waals surface area contributed by atoms with E-state index in [0.717, 1.165) is 12.4 Å². The summed E-state index contributed by atoms with van der Waals surface area (Å²) in [7, 11) is -3.90. The lowest BCUT2D eigenvalue weighted by Crippen LogP contribution is -2.15. The van der Waals surface area contributed by atoms with Crippen LogP contribution in [0.1, 0.15) is 15.9 Å². The molecule has 8 nitrogen and oxygen atoms in total. The standard InChI is InChI=1S/C10H10N4O4S/c1-6-2-3-7(4-8(6)9(15)16)19(17,18)14-10-11-5-12-13-10/h2-5H,1H3,(H,15,16)(H2,11,12,13,14). The molecule has 0 amide bonds. The number of carboxylic acids is 1.